The second-order valence-corrected chi connectivity index (χ2v) is 14.2. The molecule has 1 aliphatic carbocycles. The lowest BCUT2D eigenvalue weighted by molar-refractivity contribution is 0.392. The highest BCUT2D eigenvalue weighted by Crippen LogP contribution is 2.39. The summed E-state index contributed by atoms with van der Waals surface area (Å²) in [5, 5.41) is 0. The molecule has 0 aliphatic heterocycles. The van der Waals surface area contributed by atoms with E-state index >= 15 is 0 Å². The van der Waals surface area contributed by atoms with Gasteiger partial charge in [0.15, 0.2) is 0 Å². The van der Waals surface area contributed by atoms with Crippen LogP contribution in [0.15, 0.2) is 152 Å². The molecule has 0 saturated carbocycles. The van der Waals surface area contributed by atoms with E-state index in [1.54, 1.807) is 42.6 Å². The zero-order chi connectivity index (χ0) is 37.7. The van der Waals surface area contributed by atoms with Gasteiger partial charge in [-0.3, -0.25) is 9.97 Å². The number of rotatable bonds is 8. The zero-order valence-corrected chi connectivity index (χ0v) is 28.7. The van der Waals surface area contributed by atoms with Crippen molar-refractivity contribution >= 4 is 0 Å². The predicted molar refractivity (Wildman–Crippen MR) is 209 cm³/mol. The average Bonchev–Trinajstić information content (AvgIpc) is 3.51. The molecule has 2 heterocycles. The Morgan fingerprint density at radius 3 is 1.90 bits per heavy atom. The van der Waals surface area contributed by atoms with E-state index in [1.165, 1.54) is 16.7 Å². The highest BCUT2D eigenvalue weighted by Gasteiger charge is 2.28. The monoisotopic (exact) mass is 650 g/mol. The van der Waals surface area contributed by atoms with Gasteiger partial charge in [0, 0.05) is 29.0 Å². The van der Waals surface area contributed by atoms with Gasteiger partial charge in [0.2, 0.25) is 0 Å². The zero-order valence-electron chi connectivity index (χ0n) is 32.7. The molecule has 50 heavy (non-hydrogen) atoms. The Labute approximate surface area is 302 Å². The van der Waals surface area contributed by atoms with Crippen molar-refractivity contribution < 1.29 is 5.48 Å². The molecule has 5 aromatic carbocycles. The van der Waals surface area contributed by atoms with Crippen molar-refractivity contribution in [1.29, 1.82) is 0 Å². The largest absolute Gasteiger partial charge is 0.256 e. The van der Waals surface area contributed by atoms with E-state index in [-0.39, 0.29) is 5.56 Å². The summed E-state index contributed by atoms with van der Waals surface area (Å²) >= 11 is 0. The molecule has 0 N–H and O–H groups in total. The standard InChI is InChI=1S/C48H42N2/c1-33-26-35(12-11-34-13-15-37(16-14-34)46-10-6-7-24-49-46)28-42(27-33)45-9-5-4-8-44(45)36-17-19-38(20-18-36)47-30-40(23-25-50-47)39-21-22-41-31-48(2,3)32-43(41)29-39/h4-10,13-30H,11-12,31-32H2,1-3H3/i11D2,12D2. The topological polar surface area (TPSA) is 25.8 Å². The van der Waals surface area contributed by atoms with Crippen molar-refractivity contribution in [2.75, 3.05) is 0 Å². The van der Waals surface area contributed by atoms with Crippen LogP contribution in [0, 0.1) is 12.3 Å². The Hall–Kier alpha value is -5.60. The molecule has 244 valence electrons. The van der Waals surface area contributed by atoms with E-state index in [0.29, 0.717) is 11.0 Å². The SMILES string of the molecule is [2H]C([2H])(c1ccc(-c2ccccn2)cc1)C([2H])([2H])c1cc(C)cc(-c2ccccc2-c2ccc(-c3cc(-c4ccc5c(c4)CC(C)(C)C5)ccn3)cc2)c1. The normalized spacial score (nSPS) is 15.0. The van der Waals surface area contributed by atoms with Crippen LogP contribution in [-0.2, 0) is 25.6 Å². The van der Waals surface area contributed by atoms with Crippen molar-refractivity contribution in [2.45, 2.75) is 46.4 Å². The molecule has 0 bridgehead atoms. The maximum Gasteiger partial charge on any atom is 0.0708 e. The van der Waals surface area contributed by atoms with E-state index in [2.05, 4.69) is 79.5 Å². The van der Waals surface area contributed by atoms with Gasteiger partial charge in [0.25, 0.3) is 0 Å². The molecule has 0 amide bonds. The summed E-state index contributed by atoms with van der Waals surface area (Å²) in [5.74, 6) is 0. The molecule has 0 saturated heterocycles. The van der Waals surface area contributed by atoms with Gasteiger partial charge in [0.05, 0.1) is 11.4 Å². The van der Waals surface area contributed by atoms with Crippen LogP contribution in [0.1, 0.15) is 47.1 Å². The van der Waals surface area contributed by atoms with Crippen molar-refractivity contribution in [3.8, 4) is 55.9 Å². The lowest BCUT2D eigenvalue weighted by atomic mass is 9.90. The fourth-order valence-corrected chi connectivity index (χ4v) is 7.22. The first-order valence-electron chi connectivity index (χ1n) is 19.3. The molecule has 2 aromatic heterocycles. The Bertz CT molecular complexity index is 2470. The third kappa shape index (κ3) is 6.80. The molecule has 0 unspecified atom stereocenters. The van der Waals surface area contributed by atoms with Crippen LogP contribution in [0.2, 0.25) is 0 Å². The quantitative estimate of drug-likeness (QED) is 0.164. The second kappa shape index (κ2) is 13.4. The van der Waals surface area contributed by atoms with Crippen LogP contribution in [0.5, 0.6) is 0 Å². The fraction of sp³-hybridized carbons (Fsp3) is 0.167. The summed E-state index contributed by atoms with van der Waals surface area (Å²) in [6.45, 7) is 6.61. The molecular formula is C48H42N2. The molecule has 0 radical (unpaired) electrons. The van der Waals surface area contributed by atoms with Crippen molar-refractivity contribution in [3.63, 3.8) is 0 Å². The van der Waals surface area contributed by atoms with E-state index in [0.717, 1.165) is 68.7 Å². The number of aromatic nitrogens is 2. The number of nitrogens with zero attached hydrogens (tertiary/aromatic N) is 2. The number of aryl methyl sites for hydroxylation is 3. The molecule has 0 spiro atoms. The first-order valence-corrected chi connectivity index (χ1v) is 17.3. The van der Waals surface area contributed by atoms with Gasteiger partial charge in [-0.25, -0.2) is 0 Å². The van der Waals surface area contributed by atoms with Crippen molar-refractivity contribution in [3.05, 3.63) is 180 Å². The van der Waals surface area contributed by atoms with Crippen LogP contribution in [0.3, 0.4) is 0 Å². The molecule has 8 rings (SSSR count). The van der Waals surface area contributed by atoms with Gasteiger partial charge < -0.3 is 0 Å². The lowest BCUT2D eigenvalue weighted by Gasteiger charge is -2.14. The van der Waals surface area contributed by atoms with E-state index < -0.39 is 12.7 Å². The number of hydrogen-bond donors (Lipinski definition) is 0. The summed E-state index contributed by atoms with van der Waals surface area (Å²) in [5.41, 5.74) is 14.4. The first kappa shape index (κ1) is 27.2. The minimum atomic E-state index is -2.32. The van der Waals surface area contributed by atoms with Crippen LogP contribution in [0.25, 0.3) is 55.9 Å². The third-order valence-electron chi connectivity index (χ3n) is 9.64. The second-order valence-electron chi connectivity index (χ2n) is 14.2. The maximum atomic E-state index is 9.20. The average molecular weight is 651 g/mol. The lowest BCUT2D eigenvalue weighted by Crippen LogP contribution is -2.09. The molecule has 0 atom stereocenters. The Morgan fingerprint density at radius 2 is 1.12 bits per heavy atom. The van der Waals surface area contributed by atoms with Gasteiger partial charge in [-0.2, -0.15) is 0 Å². The number of benzene rings is 5. The van der Waals surface area contributed by atoms with Gasteiger partial charge in [-0.05, 0) is 118 Å². The fourth-order valence-electron chi connectivity index (χ4n) is 7.22. The van der Waals surface area contributed by atoms with Gasteiger partial charge in [0.1, 0.15) is 0 Å². The summed E-state index contributed by atoms with van der Waals surface area (Å²) < 4.78 is 36.5. The molecule has 2 heteroatoms. The van der Waals surface area contributed by atoms with Crippen LogP contribution >= 0.6 is 0 Å². The van der Waals surface area contributed by atoms with Gasteiger partial charge >= 0.3 is 0 Å². The maximum absolute atomic E-state index is 9.20. The molecule has 0 fully saturated rings. The molecule has 1 aliphatic rings. The summed E-state index contributed by atoms with van der Waals surface area (Å²) in [6.07, 6.45) is 1.20. The minimum absolute atomic E-state index is 0.270. The predicted octanol–water partition coefficient (Wildman–Crippen LogP) is 12.0. The van der Waals surface area contributed by atoms with E-state index in [9.17, 15) is 2.74 Å². The summed E-state index contributed by atoms with van der Waals surface area (Å²) in [7, 11) is 0. The van der Waals surface area contributed by atoms with Crippen LogP contribution in [-0.4, -0.2) is 9.97 Å². The van der Waals surface area contributed by atoms with Crippen molar-refractivity contribution in [1.82, 2.24) is 9.97 Å². The Balaban J connectivity index is 1.07. The van der Waals surface area contributed by atoms with Gasteiger partial charge in [-0.1, -0.05) is 135 Å². The van der Waals surface area contributed by atoms with E-state index in [1.807, 2.05) is 55.6 Å². The Morgan fingerprint density at radius 1 is 0.500 bits per heavy atom. The van der Waals surface area contributed by atoms with Crippen LogP contribution in [0.4, 0.5) is 0 Å². The minimum Gasteiger partial charge on any atom is -0.256 e. The number of pyridine rings is 2. The summed E-state index contributed by atoms with van der Waals surface area (Å²) in [6, 6.07) is 45.9. The van der Waals surface area contributed by atoms with E-state index in [4.69, 9.17) is 7.73 Å². The molecule has 7 aromatic rings. The van der Waals surface area contributed by atoms with Gasteiger partial charge in [-0.15, -0.1) is 0 Å². The summed E-state index contributed by atoms with van der Waals surface area (Å²) in [4.78, 5) is 9.12. The smallest absolute Gasteiger partial charge is 0.0708 e. The Kier molecular flexibility index (Phi) is 7.28. The number of hydrogen-bond acceptors (Lipinski definition) is 2. The highest BCUT2D eigenvalue weighted by molar-refractivity contribution is 5.85. The van der Waals surface area contributed by atoms with Crippen molar-refractivity contribution in [2.24, 2.45) is 5.41 Å². The third-order valence-corrected chi connectivity index (χ3v) is 9.64. The highest BCUT2D eigenvalue weighted by atomic mass is 14.7. The first-order chi connectivity index (χ1) is 25.9. The molecular weight excluding hydrogens is 605 g/mol. The number of fused-ring (bicyclic) bond motifs is 1. The van der Waals surface area contributed by atoms with Crippen LogP contribution < -0.4 is 0 Å². The molecule has 2 nitrogen and oxygen atoms in total.